The minimum atomic E-state index is -0.233. The third-order valence-electron chi connectivity index (χ3n) is 5.33. The molecule has 0 radical (unpaired) electrons. The second-order valence-electron chi connectivity index (χ2n) is 7.48. The van der Waals surface area contributed by atoms with Crippen molar-refractivity contribution in [1.82, 2.24) is 20.2 Å². The van der Waals surface area contributed by atoms with Crippen LogP contribution < -0.4 is 9.64 Å². The van der Waals surface area contributed by atoms with Crippen molar-refractivity contribution in [1.29, 1.82) is 0 Å². The van der Waals surface area contributed by atoms with Crippen LogP contribution in [0, 0.1) is 6.92 Å². The maximum atomic E-state index is 13.4. The van der Waals surface area contributed by atoms with Crippen LogP contribution in [0.4, 0.5) is 5.69 Å². The van der Waals surface area contributed by atoms with Crippen LogP contribution in [0.5, 0.6) is 5.75 Å². The van der Waals surface area contributed by atoms with Gasteiger partial charge in [-0.25, -0.2) is 0 Å². The number of aryl methyl sites for hydroxylation is 1. The molecule has 1 aliphatic heterocycles. The van der Waals surface area contributed by atoms with Crippen LogP contribution in [0.3, 0.4) is 0 Å². The molecule has 3 aromatic carbocycles. The lowest BCUT2D eigenvalue weighted by Gasteiger charge is -2.37. The molecule has 0 fully saturated rings. The normalized spacial score (nSPS) is 15.3. The van der Waals surface area contributed by atoms with Crippen molar-refractivity contribution in [2.45, 2.75) is 19.5 Å². The number of benzene rings is 3. The van der Waals surface area contributed by atoms with Crippen LogP contribution in [0.2, 0.25) is 0 Å². The highest BCUT2D eigenvalue weighted by molar-refractivity contribution is 5.96. The fraction of sp³-hybridized carbons (Fsp3) is 0.167. The molecule has 1 atom stereocenters. The molecule has 4 aromatic rings. The maximum Gasteiger partial charge on any atom is 0.251 e. The van der Waals surface area contributed by atoms with Crippen molar-refractivity contribution in [2.75, 3.05) is 11.5 Å². The summed E-state index contributed by atoms with van der Waals surface area (Å²) in [5, 5.41) is 12.6. The SMILES string of the molecule is Cc1ccc(-c2nnn(CC(=O)N3c4ccccc4OC[C@@H]3c3ccccc3)n2)cc1. The molecule has 1 aliphatic rings. The summed E-state index contributed by atoms with van der Waals surface area (Å²) in [5.41, 5.74) is 3.77. The number of carbonyl (C=O) groups excluding carboxylic acids is 1. The number of aromatic nitrogens is 4. The molecule has 1 amide bonds. The first-order chi connectivity index (χ1) is 15.2. The molecule has 1 aromatic heterocycles. The number of amides is 1. The number of rotatable bonds is 4. The van der Waals surface area contributed by atoms with E-state index in [1.54, 1.807) is 4.90 Å². The number of hydrogen-bond acceptors (Lipinski definition) is 5. The zero-order chi connectivity index (χ0) is 21.2. The van der Waals surface area contributed by atoms with E-state index in [1.807, 2.05) is 85.8 Å². The fourth-order valence-electron chi connectivity index (χ4n) is 3.74. The van der Waals surface area contributed by atoms with Gasteiger partial charge in [0.25, 0.3) is 5.91 Å². The first-order valence-corrected chi connectivity index (χ1v) is 10.1. The highest BCUT2D eigenvalue weighted by Crippen LogP contribution is 2.39. The van der Waals surface area contributed by atoms with E-state index in [0.29, 0.717) is 18.2 Å². The van der Waals surface area contributed by atoms with E-state index < -0.39 is 0 Å². The number of anilines is 1. The van der Waals surface area contributed by atoms with Gasteiger partial charge in [-0.3, -0.25) is 9.69 Å². The Bertz CT molecular complexity index is 1200. The van der Waals surface area contributed by atoms with Crippen molar-refractivity contribution in [2.24, 2.45) is 0 Å². The zero-order valence-electron chi connectivity index (χ0n) is 17.0. The highest BCUT2D eigenvalue weighted by Gasteiger charge is 2.33. The molecule has 7 nitrogen and oxygen atoms in total. The van der Waals surface area contributed by atoms with Crippen LogP contribution in [-0.2, 0) is 11.3 Å². The third-order valence-corrected chi connectivity index (χ3v) is 5.33. The van der Waals surface area contributed by atoms with Crippen LogP contribution in [0.1, 0.15) is 17.2 Å². The van der Waals surface area contributed by atoms with Gasteiger partial charge in [0.2, 0.25) is 5.82 Å². The minimum absolute atomic E-state index is 0.0173. The van der Waals surface area contributed by atoms with Crippen molar-refractivity contribution in [3.8, 4) is 17.1 Å². The maximum absolute atomic E-state index is 13.4. The molecular weight excluding hydrogens is 390 g/mol. The average molecular weight is 411 g/mol. The number of carbonyl (C=O) groups is 1. The van der Waals surface area contributed by atoms with Crippen molar-refractivity contribution < 1.29 is 9.53 Å². The predicted octanol–water partition coefficient (Wildman–Crippen LogP) is 3.82. The highest BCUT2D eigenvalue weighted by atomic mass is 16.5. The van der Waals surface area contributed by atoms with Gasteiger partial charge < -0.3 is 4.74 Å². The van der Waals surface area contributed by atoms with Crippen LogP contribution in [0.25, 0.3) is 11.4 Å². The summed E-state index contributed by atoms with van der Waals surface area (Å²) in [6.45, 7) is 2.39. The molecule has 7 heteroatoms. The fourth-order valence-corrected chi connectivity index (χ4v) is 3.74. The molecule has 0 N–H and O–H groups in total. The molecule has 0 unspecified atom stereocenters. The van der Waals surface area contributed by atoms with Crippen molar-refractivity contribution in [3.05, 3.63) is 90.0 Å². The van der Waals surface area contributed by atoms with E-state index in [4.69, 9.17) is 4.74 Å². The van der Waals surface area contributed by atoms with Gasteiger partial charge in [-0.05, 0) is 29.8 Å². The second-order valence-corrected chi connectivity index (χ2v) is 7.48. The van der Waals surface area contributed by atoms with E-state index in [-0.39, 0.29) is 18.5 Å². The number of nitrogens with zero attached hydrogens (tertiary/aromatic N) is 5. The van der Waals surface area contributed by atoms with Crippen LogP contribution in [-0.4, -0.2) is 32.7 Å². The van der Waals surface area contributed by atoms with E-state index in [2.05, 4.69) is 15.4 Å². The predicted molar refractivity (Wildman–Crippen MR) is 117 cm³/mol. The van der Waals surface area contributed by atoms with Gasteiger partial charge in [-0.2, -0.15) is 4.80 Å². The summed E-state index contributed by atoms with van der Waals surface area (Å²) in [6.07, 6.45) is 0. The second kappa shape index (κ2) is 8.02. The first kappa shape index (κ1) is 19.0. The van der Waals surface area contributed by atoms with E-state index in [1.165, 1.54) is 4.80 Å². The molecule has 31 heavy (non-hydrogen) atoms. The Labute approximate surface area is 179 Å². The summed E-state index contributed by atoms with van der Waals surface area (Å²) in [4.78, 5) is 16.6. The lowest BCUT2D eigenvalue weighted by molar-refractivity contribution is -0.120. The van der Waals surface area contributed by atoms with Gasteiger partial charge in [-0.1, -0.05) is 72.3 Å². The number of hydrogen-bond donors (Lipinski definition) is 0. The van der Waals surface area contributed by atoms with Gasteiger partial charge in [0.15, 0.2) is 0 Å². The number of tetrazole rings is 1. The van der Waals surface area contributed by atoms with E-state index in [9.17, 15) is 4.79 Å². The molecule has 2 heterocycles. The van der Waals surface area contributed by atoms with Gasteiger partial charge >= 0.3 is 0 Å². The van der Waals surface area contributed by atoms with Gasteiger partial charge in [0, 0.05) is 5.56 Å². The summed E-state index contributed by atoms with van der Waals surface area (Å²) in [5.74, 6) is 1.06. The number of para-hydroxylation sites is 2. The van der Waals surface area contributed by atoms with Gasteiger partial charge in [0.1, 0.15) is 18.9 Å². The zero-order valence-corrected chi connectivity index (χ0v) is 17.0. The Hall–Kier alpha value is -4.00. The molecule has 0 saturated heterocycles. The Kier molecular flexibility index (Phi) is 4.92. The lowest BCUT2D eigenvalue weighted by Crippen LogP contribution is -2.43. The standard InChI is InChI=1S/C24H21N5O2/c1-17-11-13-19(14-12-17)24-25-27-28(26-24)15-23(30)29-20-9-5-6-10-22(20)31-16-21(29)18-7-3-2-4-8-18/h2-14,21H,15-16H2,1H3/t21-/m1/s1. The van der Waals surface area contributed by atoms with Gasteiger partial charge in [0.05, 0.1) is 11.7 Å². The van der Waals surface area contributed by atoms with Crippen LogP contribution in [0.15, 0.2) is 78.9 Å². The third kappa shape index (κ3) is 3.77. The molecule has 0 spiro atoms. The number of ether oxygens (including phenoxy) is 1. The average Bonchev–Trinajstić information content (AvgIpc) is 3.27. The molecule has 154 valence electrons. The number of fused-ring (bicyclic) bond motifs is 1. The Balaban J connectivity index is 1.44. The summed E-state index contributed by atoms with van der Waals surface area (Å²) >= 11 is 0. The quantitative estimate of drug-likeness (QED) is 0.511. The monoisotopic (exact) mass is 411 g/mol. The summed E-state index contributed by atoms with van der Waals surface area (Å²) < 4.78 is 5.95. The minimum Gasteiger partial charge on any atom is -0.489 e. The van der Waals surface area contributed by atoms with Crippen LogP contribution >= 0.6 is 0 Å². The van der Waals surface area contributed by atoms with Crippen molar-refractivity contribution >= 4 is 11.6 Å². The topological polar surface area (TPSA) is 73.1 Å². The van der Waals surface area contributed by atoms with E-state index in [0.717, 1.165) is 22.4 Å². The molecule has 0 aliphatic carbocycles. The summed E-state index contributed by atoms with van der Waals surface area (Å²) in [6, 6.07) is 25.1. The van der Waals surface area contributed by atoms with E-state index >= 15 is 0 Å². The Morgan fingerprint density at radius 1 is 1.00 bits per heavy atom. The Morgan fingerprint density at radius 3 is 2.55 bits per heavy atom. The molecule has 0 saturated carbocycles. The van der Waals surface area contributed by atoms with Crippen molar-refractivity contribution in [3.63, 3.8) is 0 Å². The first-order valence-electron chi connectivity index (χ1n) is 10.1. The smallest absolute Gasteiger partial charge is 0.251 e. The van der Waals surface area contributed by atoms with Gasteiger partial charge in [-0.15, -0.1) is 10.2 Å². The summed E-state index contributed by atoms with van der Waals surface area (Å²) in [7, 11) is 0. The molecule has 5 rings (SSSR count). The largest absolute Gasteiger partial charge is 0.489 e. The Morgan fingerprint density at radius 2 is 1.74 bits per heavy atom. The molecular formula is C24H21N5O2. The molecule has 0 bridgehead atoms. The lowest BCUT2D eigenvalue weighted by atomic mass is 10.0.